The summed E-state index contributed by atoms with van der Waals surface area (Å²) in [6, 6.07) is -0.106. The van der Waals surface area contributed by atoms with E-state index in [-0.39, 0.29) is 23.4 Å². The van der Waals surface area contributed by atoms with E-state index in [0.29, 0.717) is 35.9 Å². The molecule has 2 aromatic heterocycles. The number of thioether (sulfide) groups is 1. The van der Waals surface area contributed by atoms with E-state index < -0.39 is 12.0 Å². The summed E-state index contributed by atoms with van der Waals surface area (Å²) in [6.45, 7) is 4.92. The van der Waals surface area contributed by atoms with Crippen molar-refractivity contribution in [1.29, 1.82) is 5.41 Å². The molecule has 1 saturated heterocycles. The quantitative estimate of drug-likeness (QED) is 0.739. The van der Waals surface area contributed by atoms with E-state index in [2.05, 4.69) is 15.2 Å². The maximum Gasteiger partial charge on any atom is 0.455 e. The van der Waals surface area contributed by atoms with Crippen molar-refractivity contribution in [2.75, 3.05) is 24.2 Å². The first kappa shape index (κ1) is 21.0. The van der Waals surface area contributed by atoms with Crippen LogP contribution in [0.1, 0.15) is 37.9 Å². The van der Waals surface area contributed by atoms with Crippen LogP contribution in [0.5, 0.6) is 5.19 Å². The van der Waals surface area contributed by atoms with E-state index in [9.17, 15) is 13.2 Å². The zero-order valence-electron chi connectivity index (χ0n) is 15.6. The lowest BCUT2D eigenvalue weighted by atomic mass is 9.92. The molecule has 0 aromatic carbocycles. The zero-order chi connectivity index (χ0) is 20.5. The average Bonchev–Trinajstić information content (AvgIpc) is 3.28. The van der Waals surface area contributed by atoms with Gasteiger partial charge in [0.05, 0.1) is 5.37 Å². The smallest absolute Gasteiger partial charge is 0.455 e. The summed E-state index contributed by atoms with van der Waals surface area (Å²) >= 11 is 2.77. The number of hydrogen-bond donors (Lipinski definition) is 1. The summed E-state index contributed by atoms with van der Waals surface area (Å²) < 4.78 is 50.1. The lowest BCUT2D eigenvalue weighted by Gasteiger charge is -2.33. The van der Waals surface area contributed by atoms with E-state index in [1.54, 1.807) is 21.3 Å². The Morgan fingerprint density at radius 3 is 2.57 bits per heavy atom. The molecule has 2 atom stereocenters. The van der Waals surface area contributed by atoms with Crippen molar-refractivity contribution < 1.29 is 22.4 Å². The summed E-state index contributed by atoms with van der Waals surface area (Å²) in [5.41, 5.74) is 0. The number of nitrogens with one attached hydrogen (secondary N) is 1. The normalized spacial score (nSPS) is 18.3. The first-order valence-electron chi connectivity index (χ1n) is 8.68. The molecule has 1 aliphatic heterocycles. The fourth-order valence-corrected chi connectivity index (χ4v) is 4.16. The fourth-order valence-electron chi connectivity index (χ4n) is 2.95. The van der Waals surface area contributed by atoms with E-state index in [0.717, 1.165) is 0 Å². The third kappa shape index (κ3) is 4.62. The van der Waals surface area contributed by atoms with Crippen LogP contribution in [0, 0.1) is 11.3 Å². The Bertz CT molecular complexity index is 843. The van der Waals surface area contributed by atoms with Crippen molar-refractivity contribution in [3.8, 4) is 5.19 Å². The molecule has 1 N–H and O–H groups in total. The molecule has 0 aliphatic carbocycles. The summed E-state index contributed by atoms with van der Waals surface area (Å²) in [5, 5.41) is 15.9. The summed E-state index contributed by atoms with van der Waals surface area (Å²) in [4.78, 5) is 5.42. The van der Waals surface area contributed by atoms with Crippen LogP contribution < -0.4 is 14.4 Å². The number of hydrogen-bond acceptors (Lipinski definition) is 9. The van der Waals surface area contributed by atoms with Gasteiger partial charge in [0, 0.05) is 13.1 Å². The molecule has 0 saturated carbocycles. The number of piperidine rings is 1. The highest BCUT2D eigenvalue weighted by atomic mass is 32.2. The monoisotopic (exact) mass is 438 g/mol. The molecule has 0 radical (unpaired) electrons. The van der Waals surface area contributed by atoms with Crippen LogP contribution in [0.3, 0.4) is 0 Å². The number of halogens is 3. The van der Waals surface area contributed by atoms with Gasteiger partial charge in [-0.3, -0.25) is 5.41 Å². The highest BCUT2D eigenvalue weighted by Gasteiger charge is 2.38. The van der Waals surface area contributed by atoms with Gasteiger partial charge in [0.1, 0.15) is 6.10 Å². The van der Waals surface area contributed by atoms with Crippen LogP contribution in [0.2, 0.25) is 0 Å². The number of anilines is 1. The predicted molar refractivity (Wildman–Crippen MR) is 98.5 cm³/mol. The molecule has 0 amide bonds. The Morgan fingerprint density at radius 2 is 2.00 bits per heavy atom. The number of aromatic nitrogens is 4. The maximum atomic E-state index is 12.6. The Kier molecular flexibility index (Phi) is 6.22. The Balaban J connectivity index is 1.56. The summed E-state index contributed by atoms with van der Waals surface area (Å²) in [7, 11) is 0. The van der Waals surface area contributed by atoms with E-state index in [1.807, 2.05) is 20.1 Å². The molecule has 1 aliphatic rings. The molecule has 2 unspecified atom stereocenters. The Hall–Kier alpha value is -1.76. The predicted octanol–water partition coefficient (Wildman–Crippen LogP) is 3.39. The Labute approximate surface area is 167 Å². The molecule has 0 bridgehead atoms. The topological polar surface area (TPSA) is 93.1 Å². The van der Waals surface area contributed by atoms with Gasteiger partial charge in [0.15, 0.2) is 0 Å². The minimum absolute atomic E-state index is 0.0515. The second-order valence-corrected chi connectivity index (χ2v) is 8.59. The van der Waals surface area contributed by atoms with Crippen LogP contribution >= 0.6 is 23.1 Å². The highest BCUT2D eigenvalue weighted by Crippen LogP contribution is 2.31. The minimum atomic E-state index is -4.61. The lowest BCUT2D eigenvalue weighted by molar-refractivity contribution is -0.146. The van der Waals surface area contributed by atoms with Gasteiger partial charge in [-0.25, -0.2) is 4.68 Å². The molecule has 1 fully saturated rings. The van der Waals surface area contributed by atoms with E-state index >= 15 is 0 Å². The van der Waals surface area contributed by atoms with Gasteiger partial charge in [0.2, 0.25) is 4.80 Å². The first-order chi connectivity index (χ1) is 13.2. The van der Waals surface area contributed by atoms with Gasteiger partial charge in [-0.05, 0) is 55.4 Å². The van der Waals surface area contributed by atoms with Crippen molar-refractivity contribution >= 4 is 29.1 Å². The summed E-state index contributed by atoms with van der Waals surface area (Å²) in [5.74, 6) is -1.05. The number of alkyl halides is 3. The standard InChI is InChI=1S/C15H21F3N6O2S2/c1-8(25-14-21-24(9(2)27-3)12(19)28-14)10-4-6-23(7-5-10)13-20-11(22-26-13)15(16,17)18/h8-10,19H,4-7H2,1-3H3. The second kappa shape index (κ2) is 8.31. The van der Waals surface area contributed by atoms with Crippen LogP contribution in [0.15, 0.2) is 4.52 Å². The van der Waals surface area contributed by atoms with Crippen LogP contribution in [0.4, 0.5) is 19.2 Å². The molecule has 28 heavy (non-hydrogen) atoms. The molecule has 3 rings (SSSR count). The van der Waals surface area contributed by atoms with Crippen molar-refractivity contribution in [2.45, 2.75) is 44.3 Å². The van der Waals surface area contributed by atoms with Gasteiger partial charge < -0.3 is 14.2 Å². The maximum absolute atomic E-state index is 12.6. The number of nitrogens with zero attached hydrogens (tertiary/aromatic N) is 5. The van der Waals surface area contributed by atoms with E-state index in [1.165, 1.54) is 11.3 Å². The van der Waals surface area contributed by atoms with Gasteiger partial charge in [0.25, 0.3) is 11.0 Å². The van der Waals surface area contributed by atoms with Gasteiger partial charge in [-0.15, -0.1) is 16.9 Å². The van der Waals surface area contributed by atoms with Gasteiger partial charge in [-0.1, -0.05) is 0 Å². The lowest BCUT2D eigenvalue weighted by Crippen LogP contribution is -2.38. The molecule has 13 heteroatoms. The van der Waals surface area contributed by atoms with Crippen molar-refractivity contribution in [1.82, 2.24) is 19.9 Å². The second-order valence-electron chi connectivity index (χ2n) is 6.50. The van der Waals surface area contributed by atoms with Gasteiger partial charge >= 0.3 is 12.2 Å². The molecule has 156 valence electrons. The fraction of sp³-hybridized carbons (Fsp3) is 0.733. The SMILES string of the molecule is CSC(C)n1nc(OC(C)C2CCN(c3nc(C(F)(F)F)no3)CC2)sc1=N. The number of ether oxygens (including phenoxy) is 1. The van der Waals surface area contributed by atoms with Crippen LogP contribution in [-0.2, 0) is 6.18 Å². The van der Waals surface area contributed by atoms with Crippen LogP contribution in [0.25, 0.3) is 0 Å². The molecule has 3 heterocycles. The third-order valence-electron chi connectivity index (χ3n) is 4.70. The summed E-state index contributed by atoms with van der Waals surface area (Å²) in [6.07, 6.45) is -1.36. The van der Waals surface area contributed by atoms with E-state index in [4.69, 9.17) is 14.7 Å². The minimum Gasteiger partial charge on any atom is -0.466 e. The Morgan fingerprint density at radius 1 is 1.32 bits per heavy atom. The van der Waals surface area contributed by atoms with Crippen molar-refractivity contribution in [3.63, 3.8) is 0 Å². The van der Waals surface area contributed by atoms with Crippen LogP contribution in [-0.4, -0.2) is 45.4 Å². The zero-order valence-corrected chi connectivity index (χ0v) is 17.2. The molecule has 2 aromatic rings. The van der Waals surface area contributed by atoms with Crippen molar-refractivity contribution in [2.24, 2.45) is 5.92 Å². The number of rotatable bonds is 6. The first-order valence-corrected chi connectivity index (χ1v) is 10.8. The average molecular weight is 439 g/mol. The largest absolute Gasteiger partial charge is 0.466 e. The molecular weight excluding hydrogens is 417 g/mol. The third-order valence-corrected chi connectivity index (χ3v) is 6.31. The van der Waals surface area contributed by atoms with Crippen molar-refractivity contribution in [3.05, 3.63) is 10.6 Å². The molecule has 0 spiro atoms. The highest BCUT2D eigenvalue weighted by molar-refractivity contribution is 7.98. The molecular formula is C15H21F3N6O2S2. The van der Waals surface area contributed by atoms with Gasteiger partial charge in [-0.2, -0.15) is 18.2 Å². The molecule has 8 nitrogen and oxygen atoms in total.